The molecule has 0 N–H and O–H groups in total. The van der Waals surface area contributed by atoms with Crippen LogP contribution in [0.5, 0.6) is 5.75 Å². The Labute approximate surface area is 112 Å². The molecule has 4 heteroatoms. The van der Waals surface area contributed by atoms with E-state index < -0.39 is 0 Å². The second kappa shape index (κ2) is 7.13. The van der Waals surface area contributed by atoms with E-state index in [0.29, 0.717) is 11.3 Å². The fourth-order valence-electron chi connectivity index (χ4n) is 1.89. The van der Waals surface area contributed by atoms with E-state index in [1.165, 1.54) is 19.2 Å². The monoisotopic (exact) mass is 264 g/mol. The minimum Gasteiger partial charge on any atom is -0.495 e. The Morgan fingerprint density at radius 3 is 3.05 bits per heavy atom. The summed E-state index contributed by atoms with van der Waals surface area (Å²) in [5, 5.41) is 0. The summed E-state index contributed by atoms with van der Waals surface area (Å²) in [5.74, 6) is 5.93. The van der Waals surface area contributed by atoms with E-state index in [1.54, 1.807) is 6.07 Å². The average molecular weight is 264 g/mol. The van der Waals surface area contributed by atoms with Gasteiger partial charge in [-0.3, -0.25) is 0 Å². The summed E-state index contributed by atoms with van der Waals surface area (Å²) in [6.45, 7) is 1.01. The summed E-state index contributed by atoms with van der Waals surface area (Å²) in [6.07, 6.45) is 2.96. The van der Waals surface area contributed by atoms with Crippen LogP contribution in [0.3, 0.4) is 0 Å². The van der Waals surface area contributed by atoms with Crippen LogP contribution in [0.25, 0.3) is 0 Å². The summed E-state index contributed by atoms with van der Waals surface area (Å²) in [4.78, 5) is 0. The average Bonchev–Trinajstić information content (AvgIpc) is 2.45. The van der Waals surface area contributed by atoms with Gasteiger partial charge in [0.25, 0.3) is 0 Å². The molecule has 0 bridgehead atoms. The number of hydrogen-bond donors (Lipinski definition) is 0. The van der Waals surface area contributed by atoms with Crippen molar-refractivity contribution in [3.8, 4) is 17.6 Å². The third-order valence-electron chi connectivity index (χ3n) is 2.86. The van der Waals surface area contributed by atoms with E-state index in [1.807, 2.05) is 0 Å². The SMILES string of the molecule is COc1ccc(F)cc1C#CCOC1CCCCO1. The van der Waals surface area contributed by atoms with Gasteiger partial charge in [0, 0.05) is 6.61 Å². The zero-order valence-corrected chi connectivity index (χ0v) is 10.9. The van der Waals surface area contributed by atoms with Gasteiger partial charge in [0.1, 0.15) is 18.2 Å². The van der Waals surface area contributed by atoms with Gasteiger partial charge in [-0.05, 0) is 37.5 Å². The van der Waals surface area contributed by atoms with E-state index in [4.69, 9.17) is 14.2 Å². The van der Waals surface area contributed by atoms with Crippen molar-refractivity contribution in [3.63, 3.8) is 0 Å². The fraction of sp³-hybridized carbons (Fsp3) is 0.467. The number of ether oxygens (including phenoxy) is 3. The van der Waals surface area contributed by atoms with E-state index >= 15 is 0 Å². The van der Waals surface area contributed by atoms with Crippen LogP contribution in [0.15, 0.2) is 18.2 Å². The second-order valence-corrected chi connectivity index (χ2v) is 4.25. The number of rotatable bonds is 3. The molecule has 1 saturated heterocycles. The van der Waals surface area contributed by atoms with Gasteiger partial charge in [-0.25, -0.2) is 4.39 Å². The Balaban J connectivity index is 1.90. The highest BCUT2D eigenvalue weighted by Gasteiger charge is 2.12. The molecule has 0 aromatic heterocycles. The first-order chi connectivity index (χ1) is 9.29. The molecule has 1 heterocycles. The normalized spacial score (nSPS) is 18.5. The van der Waals surface area contributed by atoms with Crippen LogP contribution in [0.2, 0.25) is 0 Å². The highest BCUT2D eigenvalue weighted by Crippen LogP contribution is 2.18. The summed E-state index contributed by atoms with van der Waals surface area (Å²) >= 11 is 0. The number of methoxy groups -OCH3 is 1. The predicted molar refractivity (Wildman–Crippen MR) is 69.4 cm³/mol. The van der Waals surface area contributed by atoms with Crippen LogP contribution < -0.4 is 4.74 Å². The molecule has 19 heavy (non-hydrogen) atoms. The third-order valence-corrected chi connectivity index (χ3v) is 2.86. The Bertz CT molecular complexity index is 470. The van der Waals surface area contributed by atoms with Gasteiger partial charge in [0.05, 0.1) is 12.7 Å². The molecule has 1 fully saturated rings. The van der Waals surface area contributed by atoms with Gasteiger partial charge in [0.15, 0.2) is 6.29 Å². The van der Waals surface area contributed by atoms with Gasteiger partial charge >= 0.3 is 0 Å². The van der Waals surface area contributed by atoms with Crippen LogP contribution in [-0.2, 0) is 9.47 Å². The quantitative estimate of drug-likeness (QED) is 0.786. The largest absolute Gasteiger partial charge is 0.495 e. The van der Waals surface area contributed by atoms with Crippen molar-refractivity contribution in [1.82, 2.24) is 0 Å². The Morgan fingerprint density at radius 2 is 2.32 bits per heavy atom. The van der Waals surface area contributed by atoms with Crippen molar-refractivity contribution in [2.75, 3.05) is 20.3 Å². The zero-order valence-electron chi connectivity index (χ0n) is 10.9. The molecular formula is C15H17FO3. The Hall–Kier alpha value is -1.57. The molecule has 102 valence electrons. The van der Waals surface area contributed by atoms with Gasteiger partial charge in [0.2, 0.25) is 0 Å². The lowest BCUT2D eigenvalue weighted by Crippen LogP contribution is -2.22. The van der Waals surface area contributed by atoms with Gasteiger partial charge in [-0.15, -0.1) is 0 Å². The minimum atomic E-state index is -0.332. The van der Waals surface area contributed by atoms with Crippen LogP contribution in [0.4, 0.5) is 4.39 Å². The highest BCUT2D eigenvalue weighted by atomic mass is 19.1. The molecule has 0 radical (unpaired) electrons. The summed E-state index contributed by atoms with van der Waals surface area (Å²) in [7, 11) is 1.53. The molecule has 3 nitrogen and oxygen atoms in total. The summed E-state index contributed by atoms with van der Waals surface area (Å²) < 4.78 is 29.1. The van der Waals surface area contributed by atoms with Crippen LogP contribution >= 0.6 is 0 Å². The van der Waals surface area contributed by atoms with Crippen molar-refractivity contribution in [2.24, 2.45) is 0 Å². The van der Waals surface area contributed by atoms with Crippen molar-refractivity contribution >= 4 is 0 Å². The standard InChI is InChI=1S/C15H17FO3/c1-17-14-8-7-13(16)11-12(14)5-4-10-19-15-6-2-3-9-18-15/h7-8,11,15H,2-3,6,9-10H2,1H3. The summed E-state index contributed by atoms with van der Waals surface area (Å²) in [6, 6.07) is 4.25. The molecule has 0 spiro atoms. The Kier molecular flexibility index (Phi) is 5.20. The topological polar surface area (TPSA) is 27.7 Å². The maximum absolute atomic E-state index is 13.1. The van der Waals surface area contributed by atoms with Gasteiger partial charge in [-0.1, -0.05) is 11.8 Å². The maximum atomic E-state index is 13.1. The third kappa shape index (κ3) is 4.23. The second-order valence-electron chi connectivity index (χ2n) is 4.25. The first kappa shape index (κ1) is 13.9. The van der Waals surface area contributed by atoms with Crippen molar-refractivity contribution < 1.29 is 18.6 Å². The zero-order chi connectivity index (χ0) is 13.5. The lowest BCUT2D eigenvalue weighted by molar-refractivity contribution is -0.154. The lowest BCUT2D eigenvalue weighted by atomic mass is 10.2. The first-order valence-electron chi connectivity index (χ1n) is 6.35. The lowest BCUT2D eigenvalue weighted by Gasteiger charge is -2.21. The molecule has 0 amide bonds. The van der Waals surface area contributed by atoms with E-state index in [0.717, 1.165) is 25.9 Å². The molecule has 1 unspecified atom stereocenters. The van der Waals surface area contributed by atoms with Crippen molar-refractivity contribution in [2.45, 2.75) is 25.6 Å². The minimum absolute atomic E-state index is 0.155. The number of hydrogen-bond acceptors (Lipinski definition) is 3. The molecule has 1 atom stereocenters. The van der Waals surface area contributed by atoms with E-state index in [9.17, 15) is 4.39 Å². The molecule has 0 aliphatic carbocycles. The Morgan fingerprint density at radius 1 is 1.42 bits per heavy atom. The van der Waals surface area contributed by atoms with Crippen LogP contribution in [0.1, 0.15) is 24.8 Å². The molecule has 1 aliphatic heterocycles. The highest BCUT2D eigenvalue weighted by molar-refractivity contribution is 5.46. The van der Waals surface area contributed by atoms with Gasteiger partial charge in [-0.2, -0.15) is 0 Å². The number of halogens is 1. The molecule has 1 aromatic carbocycles. The molecule has 2 rings (SSSR count). The predicted octanol–water partition coefficient (Wildman–Crippen LogP) is 2.73. The van der Waals surface area contributed by atoms with Crippen molar-refractivity contribution in [3.05, 3.63) is 29.6 Å². The maximum Gasteiger partial charge on any atom is 0.158 e. The van der Waals surface area contributed by atoms with E-state index in [-0.39, 0.29) is 18.7 Å². The smallest absolute Gasteiger partial charge is 0.158 e. The molecule has 0 saturated carbocycles. The first-order valence-corrected chi connectivity index (χ1v) is 6.35. The molecule has 1 aliphatic rings. The van der Waals surface area contributed by atoms with Crippen molar-refractivity contribution in [1.29, 1.82) is 0 Å². The summed E-state index contributed by atoms with van der Waals surface area (Å²) in [5.41, 5.74) is 0.524. The number of benzene rings is 1. The van der Waals surface area contributed by atoms with Crippen LogP contribution in [-0.4, -0.2) is 26.6 Å². The molecule has 1 aromatic rings. The van der Waals surface area contributed by atoms with Crippen LogP contribution in [0, 0.1) is 17.7 Å². The molecular weight excluding hydrogens is 247 g/mol. The fourth-order valence-corrected chi connectivity index (χ4v) is 1.89. The van der Waals surface area contributed by atoms with E-state index in [2.05, 4.69) is 11.8 Å². The van der Waals surface area contributed by atoms with Gasteiger partial charge < -0.3 is 14.2 Å².